The van der Waals surface area contributed by atoms with Gasteiger partial charge in [0.05, 0.1) is 6.67 Å². The molecule has 0 aliphatic carbocycles. The van der Waals surface area contributed by atoms with Crippen molar-refractivity contribution in [1.29, 1.82) is 0 Å². The highest BCUT2D eigenvalue weighted by atomic mass is 15.3. The van der Waals surface area contributed by atoms with Crippen molar-refractivity contribution in [3.63, 3.8) is 0 Å². The van der Waals surface area contributed by atoms with Gasteiger partial charge in [-0.3, -0.25) is 0 Å². The highest BCUT2D eigenvalue weighted by Crippen LogP contribution is 2.32. The van der Waals surface area contributed by atoms with Gasteiger partial charge in [0.2, 0.25) is 0 Å². The second-order valence-corrected chi connectivity index (χ2v) is 3.76. The lowest BCUT2D eigenvalue weighted by Crippen LogP contribution is -2.24. The molecule has 0 saturated heterocycles. The first kappa shape index (κ1) is 10.0. The third-order valence-electron chi connectivity index (χ3n) is 2.63. The monoisotopic (exact) mass is 207 g/mol. The molecule has 2 rings (SSSR count). The minimum Gasteiger partial charge on any atom is -0.382 e. The number of rotatable bonds is 4. The van der Waals surface area contributed by atoms with Crippen LogP contribution in [0.5, 0.6) is 0 Å². The Bertz CT molecular complexity index is 339. The lowest BCUT2D eigenvalue weighted by Gasteiger charge is -2.15. The van der Waals surface area contributed by atoms with Crippen LogP contribution in [0.4, 0.5) is 17.3 Å². The average molecular weight is 207 g/mol. The minimum atomic E-state index is 0.540. The molecule has 82 valence electrons. The summed E-state index contributed by atoms with van der Waals surface area (Å²) < 4.78 is 0. The van der Waals surface area contributed by atoms with Crippen molar-refractivity contribution in [3.8, 4) is 0 Å². The van der Waals surface area contributed by atoms with Crippen molar-refractivity contribution in [3.05, 3.63) is 6.33 Å². The molecule has 2 heterocycles. The maximum atomic E-state index is 5.75. The highest BCUT2D eigenvalue weighted by Gasteiger charge is 2.21. The second kappa shape index (κ2) is 4.33. The fourth-order valence-corrected chi connectivity index (χ4v) is 1.79. The number of nitrogens with two attached hydrogens (primary N) is 1. The van der Waals surface area contributed by atoms with E-state index in [2.05, 4.69) is 27.1 Å². The maximum absolute atomic E-state index is 5.75. The molecule has 1 aromatic heterocycles. The molecule has 5 heteroatoms. The largest absolute Gasteiger partial charge is 0.382 e. The Balaban J connectivity index is 2.05. The zero-order valence-corrected chi connectivity index (χ0v) is 9.03. The summed E-state index contributed by atoms with van der Waals surface area (Å²) in [6, 6.07) is 0. The molecule has 1 aliphatic heterocycles. The summed E-state index contributed by atoms with van der Waals surface area (Å²) in [6.45, 7) is 4.03. The van der Waals surface area contributed by atoms with Gasteiger partial charge in [0.15, 0.2) is 11.6 Å². The summed E-state index contributed by atoms with van der Waals surface area (Å²) in [6.07, 6.45) is 5.21. The highest BCUT2D eigenvalue weighted by molar-refractivity contribution is 5.79. The summed E-state index contributed by atoms with van der Waals surface area (Å²) in [5.74, 6) is 1.48. The lowest BCUT2D eigenvalue weighted by molar-refractivity contribution is 0.691. The van der Waals surface area contributed by atoms with Gasteiger partial charge in [-0.15, -0.1) is 0 Å². The van der Waals surface area contributed by atoms with Crippen LogP contribution < -0.4 is 16.0 Å². The van der Waals surface area contributed by atoms with Crippen LogP contribution in [0.1, 0.15) is 26.2 Å². The van der Waals surface area contributed by atoms with E-state index in [9.17, 15) is 0 Å². The fraction of sp³-hybridized carbons (Fsp3) is 0.600. The van der Waals surface area contributed by atoms with E-state index in [1.807, 2.05) is 0 Å². The van der Waals surface area contributed by atoms with Crippen LogP contribution in [0.2, 0.25) is 0 Å². The zero-order valence-electron chi connectivity index (χ0n) is 9.03. The molecule has 0 saturated carbocycles. The van der Waals surface area contributed by atoms with Gasteiger partial charge in [-0.1, -0.05) is 19.8 Å². The van der Waals surface area contributed by atoms with Gasteiger partial charge in [0.25, 0.3) is 0 Å². The minimum absolute atomic E-state index is 0.540. The van der Waals surface area contributed by atoms with E-state index < -0.39 is 0 Å². The maximum Gasteiger partial charge on any atom is 0.159 e. The predicted molar refractivity (Wildman–Crippen MR) is 61.8 cm³/mol. The van der Waals surface area contributed by atoms with Gasteiger partial charge in [-0.05, 0) is 6.42 Å². The molecular formula is C10H17N5. The molecule has 0 amide bonds. The summed E-state index contributed by atoms with van der Waals surface area (Å²) in [5.41, 5.74) is 6.63. The second-order valence-electron chi connectivity index (χ2n) is 3.76. The number of nitrogens with zero attached hydrogens (tertiary/aromatic N) is 3. The molecule has 1 aromatic rings. The molecule has 15 heavy (non-hydrogen) atoms. The number of unbranched alkanes of at least 4 members (excludes halogenated alkanes) is 2. The quantitative estimate of drug-likeness (QED) is 0.731. The smallest absolute Gasteiger partial charge is 0.159 e. The van der Waals surface area contributed by atoms with E-state index in [-0.39, 0.29) is 0 Å². The predicted octanol–water partition coefficient (Wildman–Crippen LogP) is 1.44. The first-order valence-corrected chi connectivity index (χ1v) is 5.42. The normalized spacial score (nSPS) is 13.8. The summed E-state index contributed by atoms with van der Waals surface area (Å²) in [5, 5.41) is 3.22. The van der Waals surface area contributed by atoms with Crippen molar-refractivity contribution in [2.45, 2.75) is 26.2 Å². The van der Waals surface area contributed by atoms with Crippen molar-refractivity contribution in [1.82, 2.24) is 9.97 Å². The van der Waals surface area contributed by atoms with E-state index in [4.69, 9.17) is 5.73 Å². The topological polar surface area (TPSA) is 67.1 Å². The molecule has 1 aliphatic rings. The van der Waals surface area contributed by atoms with Gasteiger partial charge in [0, 0.05) is 6.54 Å². The Hall–Kier alpha value is -1.52. The SMILES string of the molecule is CCCCCN1CNc2c(N)ncnc21. The van der Waals surface area contributed by atoms with Gasteiger partial charge in [-0.25, -0.2) is 9.97 Å². The van der Waals surface area contributed by atoms with E-state index in [0.29, 0.717) is 5.82 Å². The average Bonchev–Trinajstić information content (AvgIpc) is 2.64. The third-order valence-corrected chi connectivity index (χ3v) is 2.63. The Morgan fingerprint density at radius 2 is 2.33 bits per heavy atom. The third kappa shape index (κ3) is 1.95. The van der Waals surface area contributed by atoms with Crippen LogP contribution in [-0.4, -0.2) is 23.2 Å². The molecule has 0 spiro atoms. The Kier molecular flexibility index (Phi) is 2.89. The molecular weight excluding hydrogens is 190 g/mol. The first-order valence-electron chi connectivity index (χ1n) is 5.42. The van der Waals surface area contributed by atoms with Crippen LogP contribution in [0.3, 0.4) is 0 Å². The standard InChI is InChI=1S/C10H17N5/c1-2-3-4-5-15-7-14-8-9(11)12-6-13-10(8)15/h6,14H,2-5,7H2,1H3,(H2,11,12,13). The number of hydrogen-bond acceptors (Lipinski definition) is 5. The zero-order chi connectivity index (χ0) is 10.7. The van der Waals surface area contributed by atoms with Gasteiger partial charge in [0.1, 0.15) is 12.0 Å². The van der Waals surface area contributed by atoms with Gasteiger partial charge < -0.3 is 16.0 Å². The van der Waals surface area contributed by atoms with Gasteiger partial charge in [-0.2, -0.15) is 0 Å². The molecule has 3 N–H and O–H groups in total. The van der Waals surface area contributed by atoms with Crippen LogP contribution >= 0.6 is 0 Å². The van der Waals surface area contributed by atoms with Crippen LogP contribution in [0.25, 0.3) is 0 Å². The summed E-state index contributed by atoms with van der Waals surface area (Å²) in [4.78, 5) is 10.4. The molecule has 0 aromatic carbocycles. The van der Waals surface area contributed by atoms with Crippen molar-refractivity contribution < 1.29 is 0 Å². The Morgan fingerprint density at radius 1 is 1.47 bits per heavy atom. The van der Waals surface area contributed by atoms with Crippen LogP contribution in [-0.2, 0) is 0 Å². The van der Waals surface area contributed by atoms with E-state index in [1.165, 1.54) is 25.6 Å². The van der Waals surface area contributed by atoms with Crippen LogP contribution in [0, 0.1) is 0 Å². The van der Waals surface area contributed by atoms with Gasteiger partial charge >= 0.3 is 0 Å². The molecule has 0 unspecified atom stereocenters. The number of nitrogen functional groups attached to an aromatic ring is 1. The van der Waals surface area contributed by atoms with E-state index in [0.717, 1.165) is 24.7 Å². The lowest BCUT2D eigenvalue weighted by atomic mass is 10.2. The van der Waals surface area contributed by atoms with Crippen molar-refractivity contribution >= 4 is 17.3 Å². The number of anilines is 3. The molecule has 0 bridgehead atoms. The van der Waals surface area contributed by atoms with Crippen LogP contribution in [0.15, 0.2) is 6.33 Å². The van der Waals surface area contributed by atoms with Crippen molar-refractivity contribution in [2.75, 3.05) is 29.2 Å². The summed E-state index contributed by atoms with van der Waals surface area (Å²) >= 11 is 0. The summed E-state index contributed by atoms with van der Waals surface area (Å²) in [7, 11) is 0. The molecule has 0 fully saturated rings. The van der Waals surface area contributed by atoms with E-state index in [1.54, 1.807) is 0 Å². The Labute approximate surface area is 89.7 Å². The fourth-order valence-electron chi connectivity index (χ4n) is 1.79. The molecule has 0 radical (unpaired) electrons. The van der Waals surface area contributed by atoms with Crippen molar-refractivity contribution in [2.24, 2.45) is 0 Å². The van der Waals surface area contributed by atoms with E-state index >= 15 is 0 Å². The molecule has 0 atom stereocenters. The number of nitrogens with one attached hydrogen (secondary N) is 1. The number of aromatic nitrogens is 2. The number of hydrogen-bond donors (Lipinski definition) is 2. The first-order chi connectivity index (χ1) is 7.33. The molecule has 5 nitrogen and oxygen atoms in total. The number of fused-ring (bicyclic) bond motifs is 1. The Morgan fingerprint density at radius 3 is 3.13 bits per heavy atom.